The second kappa shape index (κ2) is 8.41. The summed E-state index contributed by atoms with van der Waals surface area (Å²) in [4.78, 5) is 21.9. The fraction of sp³-hybridized carbons (Fsp3) is 0.643. The molecule has 1 N–H and O–H groups in total. The number of carbonyl (C=O) groups excluding carboxylic acids is 1. The molecule has 7 heteroatoms. The highest BCUT2D eigenvalue weighted by molar-refractivity contribution is 5.76. The lowest BCUT2D eigenvalue weighted by Gasteiger charge is -2.26. The standard InChI is InChI=1S/C14H22N4O3/c1-2-7-21-13-10-12(16-11-17-13)15-4-3-14(19)18-5-8-20-9-6-18/h10-11H,2-9H2,1H3,(H,15,16,17). The molecule has 0 atom stereocenters. The second-order valence-corrected chi connectivity index (χ2v) is 4.76. The number of nitrogens with zero attached hydrogens (tertiary/aromatic N) is 3. The summed E-state index contributed by atoms with van der Waals surface area (Å²) in [6, 6.07) is 1.74. The molecule has 1 saturated heterocycles. The van der Waals surface area contributed by atoms with Gasteiger partial charge in [-0.15, -0.1) is 0 Å². The van der Waals surface area contributed by atoms with Crippen LogP contribution in [0.15, 0.2) is 12.4 Å². The fourth-order valence-electron chi connectivity index (χ4n) is 1.99. The molecule has 0 spiro atoms. The van der Waals surface area contributed by atoms with Crippen LogP contribution in [-0.4, -0.2) is 60.2 Å². The van der Waals surface area contributed by atoms with Gasteiger partial charge in [0.05, 0.1) is 19.8 Å². The molecule has 1 fully saturated rings. The van der Waals surface area contributed by atoms with Crippen LogP contribution in [0.3, 0.4) is 0 Å². The lowest BCUT2D eigenvalue weighted by Crippen LogP contribution is -2.41. The predicted molar refractivity (Wildman–Crippen MR) is 78.3 cm³/mol. The molecule has 0 radical (unpaired) electrons. The summed E-state index contributed by atoms with van der Waals surface area (Å²) in [5, 5.41) is 3.12. The van der Waals surface area contributed by atoms with Crippen LogP contribution in [0.1, 0.15) is 19.8 Å². The number of ether oxygens (including phenoxy) is 2. The predicted octanol–water partition coefficient (Wildman–Crippen LogP) is 0.926. The van der Waals surface area contributed by atoms with E-state index < -0.39 is 0 Å². The monoisotopic (exact) mass is 294 g/mol. The SMILES string of the molecule is CCCOc1cc(NCCC(=O)N2CCOCC2)ncn1. The first-order chi connectivity index (χ1) is 10.3. The lowest BCUT2D eigenvalue weighted by atomic mass is 10.3. The zero-order valence-corrected chi connectivity index (χ0v) is 12.4. The van der Waals surface area contributed by atoms with Crippen molar-refractivity contribution >= 4 is 11.7 Å². The van der Waals surface area contributed by atoms with Gasteiger partial charge in [-0.1, -0.05) is 6.92 Å². The number of amides is 1. The maximum atomic E-state index is 12.0. The Labute approximate surface area is 124 Å². The summed E-state index contributed by atoms with van der Waals surface area (Å²) in [6.45, 7) is 5.83. The molecule has 1 aromatic heterocycles. The minimum atomic E-state index is 0.141. The summed E-state index contributed by atoms with van der Waals surface area (Å²) in [7, 11) is 0. The zero-order valence-electron chi connectivity index (χ0n) is 12.4. The van der Waals surface area contributed by atoms with Gasteiger partial charge in [0.2, 0.25) is 11.8 Å². The number of anilines is 1. The number of rotatable bonds is 7. The molecular formula is C14H22N4O3. The molecule has 0 aromatic carbocycles. The van der Waals surface area contributed by atoms with Crippen LogP contribution < -0.4 is 10.1 Å². The molecule has 1 aliphatic rings. The molecule has 116 valence electrons. The first-order valence-electron chi connectivity index (χ1n) is 7.34. The maximum Gasteiger partial charge on any atom is 0.224 e. The average molecular weight is 294 g/mol. The van der Waals surface area contributed by atoms with E-state index >= 15 is 0 Å². The largest absolute Gasteiger partial charge is 0.478 e. The Morgan fingerprint density at radius 2 is 2.24 bits per heavy atom. The van der Waals surface area contributed by atoms with Crippen molar-refractivity contribution in [1.29, 1.82) is 0 Å². The van der Waals surface area contributed by atoms with Gasteiger partial charge in [-0.2, -0.15) is 0 Å². The van der Waals surface area contributed by atoms with Crippen LogP contribution in [0.4, 0.5) is 5.82 Å². The number of morpholine rings is 1. The van der Waals surface area contributed by atoms with E-state index in [4.69, 9.17) is 9.47 Å². The third-order valence-electron chi connectivity index (χ3n) is 3.10. The van der Waals surface area contributed by atoms with Crippen molar-refractivity contribution in [3.63, 3.8) is 0 Å². The Bertz CT molecular complexity index is 450. The van der Waals surface area contributed by atoms with Crippen LogP contribution in [-0.2, 0) is 9.53 Å². The molecule has 2 heterocycles. The number of aromatic nitrogens is 2. The van der Waals surface area contributed by atoms with Gasteiger partial charge in [0, 0.05) is 32.1 Å². The van der Waals surface area contributed by atoms with Crippen molar-refractivity contribution in [3.05, 3.63) is 12.4 Å². The van der Waals surface area contributed by atoms with E-state index in [1.807, 2.05) is 11.8 Å². The minimum absolute atomic E-state index is 0.141. The fourth-order valence-corrected chi connectivity index (χ4v) is 1.99. The van der Waals surface area contributed by atoms with Gasteiger partial charge in [0.15, 0.2) is 0 Å². The summed E-state index contributed by atoms with van der Waals surface area (Å²) < 4.78 is 10.7. The highest BCUT2D eigenvalue weighted by Gasteiger charge is 2.16. The van der Waals surface area contributed by atoms with E-state index in [0.29, 0.717) is 57.6 Å². The van der Waals surface area contributed by atoms with Gasteiger partial charge in [-0.05, 0) is 6.42 Å². The van der Waals surface area contributed by atoms with Crippen molar-refractivity contribution in [2.75, 3.05) is 44.8 Å². The Hall–Kier alpha value is -1.89. The molecule has 1 aromatic rings. The van der Waals surface area contributed by atoms with Crippen LogP contribution in [0.25, 0.3) is 0 Å². The normalized spacial score (nSPS) is 14.8. The second-order valence-electron chi connectivity index (χ2n) is 4.76. The zero-order chi connectivity index (χ0) is 14.9. The molecule has 21 heavy (non-hydrogen) atoms. The van der Waals surface area contributed by atoms with Crippen molar-refractivity contribution < 1.29 is 14.3 Å². The Morgan fingerprint density at radius 3 is 3.00 bits per heavy atom. The average Bonchev–Trinajstić information content (AvgIpc) is 2.54. The topological polar surface area (TPSA) is 76.6 Å². The number of hydrogen-bond acceptors (Lipinski definition) is 6. The summed E-state index contributed by atoms with van der Waals surface area (Å²) >= 11 is 0. The first-order valence-corrected chi connectivity index (χ1v) is 7.34. The minimum Gasteiger partial charge on any atom is -0.478 e. The quantitative estimate of drug-likeness (QED) is 0.806. The van der Waals surface area contributed by atoms with E-state index in [0.717, 1.165) is 6.42 Å². The van der Waals surface area contributed by atoms with Crippen LogP contribution in [0.5, 0.6) is 5.88 Å². The molecule has 0 unspecified atom stereocenters. The van der Waals surface area contributed by atoms with Gasteiger partial charge in [0.1, 0.15) is 12.1 Å². The lowest BCUT2D eigenvalue weighted by molar-refractivity contribution is -0.134. The number of nitrogens with one attached hydrogen (secondary N) is 1. The smallest absolute Gasteiger partial charge is 0.224 e. The molecule has 0 bridgehead atoms. The van der Waals surface area contributed by atoms with Gasteiger partial charge in [-0.25, -0.2) is 9.97 Å². The number of hydrogen-bond donors (Lipinski definition) is 1. The molecule has 1 aliphatic heterocycles. The van der Waals surface area contributed by atoms with Gasteiger partial charge >= 0.3 is 0 Å². The van der Waals surface area contributed by atoms with E-state index in [-0.39, 0.29) is 5.91 Å². The maximum absolute atomic E-state index is 12.0. The Balaban J connectivity index is 1.73. The molecule has 0 saturated carbocycles. The van der Waals surface area contributed by atoms with Crippen molar-refractivity contribution in [3.8, 4) is 5.88 Å². The van der Waals surface area contributed by atoms with E-state index in [9.17, 15) is 4.79 Å². The first kappa shape index (κ1) is 15.5. The molecule has 2 rings (SSSR count). The Morgan fingerprint density at radius 1 is 1.43 bits per heavy atom. The number of carbonyl (C=O) groups is 1. The van der Waals surface area contributed by atoms with E-state index in [1.54, 1.807) is 6.07 Å². The molecular weight excluding hydrogens is 272 g/mol. The van der Waals surface area contributed by atoms with Crippen molar-refractivity contribution in [2.24, 2.45) is 0 Å². The summed E-state index contributed by atoms with van der Waals surface area (Å²) in [5.74, 6) is 1.36. The van der Waals surface area contributed by atoms with Crippen LogP contribution >= 0.6 is 0 Å². The third-order valence-corrected chi connectivity index (χ3v) is 3.10. The summed E-state index contributed by atoms with van der Waals surface area (Å²) in [5.41, 5.74) is 0. The summed E-state index contributed by atoms with van der Waals surface area (Å²) in [6.07, 6.45) is 2.83. The van der Waals surface area contributed by atoms with Gasteiger partial charge < -0.3 is 19.7 Å². The van der Waals surface area contributed by atoms with Gasteiger partial charge in [-0.3, -0.25) is 4.79 Å². The van der Waals surface area contributed by atoms with Crippen LogP contribution in [0.2, 0.25) is 0 Å². The van der Waals surface area contributed by atoms with Crippen LogP contribution in [0, 0.1) is 0 Å². The highest BCUT2D eigenvalue weighted by atomic mass is 16.5. The van der Waals surface area contributed by atoms with E-state index in [1.165, 1.54) is 6.33 Å². The van der Waals surface area contributed by atoms with Gasteiger partial charge in [0.25, 0.3) is 0 Å². The molecule has 0 aliphatic carbocycles. The third kappa shape index (κ3) is 5.18. The van der Waals surface area contributed by atoms with Crippen molar-refractivity contribution in [2.45, 2.75) is 19.8 Å². The highest BCUT2D eigenvalue weighted by Crippen LogP contribution is 2.11. The van der Waals surface area contributed by atoms with E-state index in [2.05, 4.69) is 15.3 Å². The molecule has 7 nitrogen and oxygen atoms in total. The molecule has 1 amide bonds. The van der Waals surface area contributed by atoms with Crippen molar-refractivity contribution in [1.82, 2.24) is 14.9 Å². The Kier molecular flexibility index (Phi) is 6.21.